The molecule has 4 aromatic rings. The van der Waals surface area contributed by atoms with Gasteiger partial charge in [-0.1, -0.05) is 6.92 Å². The van der Waals surface area contributed by atoms with Crippen LogP contribution >= 0.6 is 0 Å². The predicted octanol–water partition coefficient (Wildman–Crippen LogP) is 1.33. The van der Waals surface area contributed by atoms with Crippen molar-refractivity contribution in [2.75, 3.05) is 23.3 Å². The van der Waals surface area contributed by atoms with Gasteiger partial charge in [-0.15, -0.1) is 4.68 Å². The summed E-state index contributed by atoms with van der Waals surface area (Å²) in [6.07, 6.45) is 8.75. The fourth-order valence-electron chi connectivity index (χ4n) is 4.29. The molecule has 1 aliphatic heterocycles. The topological polar surface area (TPSA) is 145 Å². The van der Waals surface area contributed by atoms with Gasteiger partial charge in [-0.25, -0.2) is 14.5 Å². The SMILES string of the molecule is CC[n+]1cc(-c2cn3ncc(C(N)=O)c(N[C@@H]4CN(c5ccc(C#N)cn5)C[C@@H]4C)c3n2)c[nH]1. The number of nitriles is 1. The van der Waals surface area contributed by atoms with E-state index in [4.69, 9.17) is 16.0 Å². The zero-order valence-corrected chi connectivity index (χ0v) is 18.9. The smallest absolute Gasteiger partial charge is 0.252 e. The minimum absolute atomic E-state index is 0.0244. The molecule has 0 saturated carbocycles. The molecule has 0 radical (unpaired) electrons. The summed E-state index contributed by atoms with van der Waals surface area (Å²) in [6.45, 7) is 6.46. The van der Waals surface area contributed by atoms with Crippen molar-refractivity contribution < 1.29 is 9.48 Å². The first-order valence-electron chi connectivity index (χ1n) is 11.1. The van der Waals surface area contributed by atoms with Gasteiger partial charge < -0.3 is 16.0 Å². The molecule has 5 heterocycles. The van der Waals surface area contributed by atoms with Crippen molar-refractivity contribution in [1.82, 2.24) is 24.7 Å². The maximum Gasteiger partial charge on any atom is 0.252 e. The fourth-order valence-corrected chi connectivity index (χ4v) is 4.29. The van der Waals surface area contributed by atoms with Crippen LogP contribution in [0.5, 0.6) is 0 Å². The number of pyridine rings is 1. The summed E-state index contributed by atoms with van der Waals surface area (Å²) >= 11 is 0. The molecule has 1 aliphatic rings. The van der Waals surface area contributed by atoms with Crippen molar-refractivity contribution in [3.63, 3.8) is 0 Å². The van der Waals surface area contributed by atoms with Crippen molar-refractivity contribution in [3.05, 3.63) is 54.2 Å². The zero-order valence-electron chi connectivity index (χ0n) is 18.9. The van der Waals surface area contributed by atoms with E-state index in [-0.39, 0.29) is 12.0 Å². The third-order valence-corrected chi connectivity index (χ3v) is 6.22. The highest BCUT2D eigenvalue weighted by Gasteiger charge is 2.32. The number of primary amides is 1. The molecule has 0 aromatic carbocycles. The lowest BCUT2D eigenvalue weighted by atomic mass is 10.1. The highest BCUT2D eigenvalue weighted by atomic mass is 16.1. The van der Waals surface area contributed by atoms with Gasteiger partial charge in [0.25, 0.3) is 5.91 Å². The summed E-state index contributed by atoms with van der Waals surface area (Å²) in [5.74, 6) is 0.503. The summed E-state index contributed by atoms with van der Waals surface area (Å²) in [7, 11) is 0. The minimum Gasteiger partial charge on any atom is -0.376 e. The third-order valence-electron chi connectivity index (χ3n) is 6.22. The average Bonchev–Trinajstić information content (AvgIpc) is 3.57. The predicted molar refractivity (Wildman–Crippen MR) is 125 cm³/mol. The molecule has 4 aromatic heterocycles. The Bertz CT molecular complexity index is 1400. The molecular formula is C23H25N10O+. The summed E-state index contributed by atoms with van der Waals surface area (Å²) in [5, 5.41) is 20.1. The van der Waals surface area contributed by atoms with Crippen LogP contribution in [0, 0.1) is 17.2 Å². The van der Waals surface area contributed by atoms with E-state index in [1.165, 1.54) is 6.20 Å². The van der Waals surface area contributed by atoms with Crippen LogP contribution < -0.4 is 20.6 Å². The number of nitrogens with zero attached hydrogens (tertiary/aromatic N) is 7. The molecule has 172 valence electrons. The normalized spacial score (nSPS) is 17.7. The number of aryl methyl sites for hydroxylation is 1. The van der Waals surface area contributed by atoms with E-state index in [0.717, 1.165) is 30.2 Å². The van der Waals surface area contributed by atoms with Gasteiger partial charge in [-0.3, -0.25) is 4.79 Å². The largest absolute Gasteiger partial charge is 0.376 e. The maximum absolute atomic E-state index is 12.2. The molecular weight excluding hydrogens is 432 g/mol. The van der Waals surface area contributed by atoms with Gasteiger partial charge in [0.05, 0.1) is 46.7 Å². The van der Waals surface area contributed by atoms with E-state index < -0.39 is 5.91 Å². The number of imidazole rings is 1. The Morgan fingerprint density at radius 2 is 2.24 bits per heavy atom. The number of aromatic amines is 1. The summed E-state index contributed by atoms with van der Waals surface area (Å²) in [6, 6.07) is 5.74. The Morgan fingerprint density at radius 3 is 2.91 bits per heavy atom. The van der Waals surface area contributed by atoms with Crippen LogP contribution in [-0.2, 0) is 6.54 Å². The lowest BCUT2D eigenvalue weighted by Gasteiger charge is -2.20. The summed E-state index contributed by atoms with van der Waals surface area (Å²) in [4.78, 5) is 23.6. The van der Waals surface area contributed by atoms with Gasteiger partial charge >= 0.3 is 0 Å². The van der Waals surface area contributed by atoms with Crippen molar-refractivity contribution >= 4 is 23.1 Å². The van der Waals surface area contributed by atoms with Crippen molar-refractivity contribution in [1.29, 1.82) is 5.26 Å². The second kappa shape index (κ2) is 8.47. The molecule has 11 heteroatoms. The molecule has 0 aliphatic carbocycles. The molecule has 0 unspecified atom stereocenters. The van der Waals surface area contributed by atoms with Gasteiger partial charge in [0.2, 0.25) is 6.20 Å². The number of hydrogen-bond donors (Lipinski definition) is 3. The molecule has 2 atom stereocenters. The van der Waals surface area contributed by atoms with Crippen molar-refractivity contribution in [3.8, 4) is 17.3 Å². The molecule has 0 bridgehead atoms. The lowest BCUT2D eigenvalue weighted by Crippen LogP contribution is -2.32. The number of nitrogens with one attached hydrogen (secondary N) is 2. The number of nitrogens with two attached hydrogens (primary N) is 1. The quantitative estimate of drug-likeness (QED) is 0.370. The first kappa shape index (κ1) is 21.4. The van der Waals surface area contributed by atoms with E-state index in [2.05, 4.69) is 38.4 Å². The molecule has 5 rings (SSSR count). The van der Waals surface area contributed by atoms with Crippen LogP contribution in [0.4, 0.5) is 11.5 Å². The Hall–Kier alpha value is -4.46. The van der Waals surface area contributed by atoms with E-state index in [1.54, 1.807) is 16.8 Å². The summed E-state index contributed by atoms with van der Waals surface area (Å²) in [5.41, 5.74) is 9.28. The molecule has 11 nitrogen and oxygen atoms in total. The molecule has 1 amide bonds. The summed E-state index contributed by atoms with van der Waals surface area (Å²) < 4.78 is 3.61. The van der Waals surface area contributed by atoms with E-state index in [9.17, 15) is 4.79 Å². The Labute approximate surface area is 195 Å². The lowest BCUT2D eigenvalue weighted by molar-refractivity contribution is -0.746. The number of aromatic nitrogens is 6. The van der Waals surface area contributed by atoms with E-state index >= 15 is 0 Å². The minimum atomic E-state index is -0.566. The first-order chi connectivity index (χ1) is 16.5. The number of H-pyrrole nitrogens is 1. The highest BCUT2D eigenvalue weighted by Crippen LogP contribution is 2.29. The molecule has 0 spiro atoms. The number of rotatable bonds is 6. The monoisotopic (exact) mass is 457 g/mol. The van der Waals surface area contributed by atoms with Gasteiger partial charge in [-0.2, -0.15) is 15.5 Å². The third kappa shape index (κ3) is 3.79. The highest BCUT2D eigenvalue weighted by molar-refractivity contribution is 6.01. The second-order valence-electron chi connectivity index (χ2n) is 8.49. The van der Waals surface area contributed by atoms with Gasteiger partial charge in [0.1, 0.15) is 11.9 Å². The van der Waals surface area contributed by atoms with E-state index in [0.29, 0.717) is 29.0 Å². The number of amides is 1. The van der Waals surface area contributed by atoms with Crippen LogP contribution in [0.15, 0.2) is 43.1 Å². The first-order valence-corrected chi connectivity index (χ1v) is 11.1. The van der Waals surface area contributed by atoms with Crippen LogP contribution in [0.25, 0.3) is 16.9 Å². The van der Waals surface area contributed by atoms with Crippen LogP contribution in [-0.4, -0.2) is 49.7 Å². The zero-order chi connectivity index (χ0) is 23.8. The van der Waals surface area contributed by atoms with Crippen molar-refractivity contribution in [2.24, 2.45) is 11.7 Å². The van der Waals surface area contributed by atoms with Crippen LogP contribution in [0.3, 0.4) is 0 Å². The maximum atomic E-state index is 12.2. The number of carbonyl (C=O) groups excluding carboxylic acids is 1. The van der Waals surface area contributed by atoms with Gasteiger partial charge in [-0.05, 0) is 25.0 Å². The number of carbonyl (C=O) groups is 1. The number of anilines is 2. The van der Waals surface area contributed by atoms with E-state index in [1.807, 2.05) is 36.3 Å². The molecule has 1 saturated heterocycles. The van der Waals surface area contributed by atoms with Crippen molar-refractivity contribution in [2.45, 2.75) is 26.4 Å². The molecule has 4 N–H and O–H groups in total. The van der Waals surface area contributed by atoms with Crippen LogP contribution in [0.2, 0.25) is 0 Å². The Kier molecular flexibility index (Phi) is 5.33. The number of hydrogen-bond acceptors (Lipinski definition) is 7. The average molecular weight is 458 g/mol. The van der Waals surface area contributed by atoms with Crippen LogP contribution in [0.1, 0.15) is 29.8 Å². The molecule has 34 heavy (non-hydrogen) atoms. The number of fused-ring (bicyclic) bond motifs is 1. The second-order valence-corrected chi connectivity index (χ2v) is 8.49. The van der Waals surface area contributed by atoms with Gasteiger partial charge in [0, 0.05) is 25.3 Å². The van der Waals surface area contributed by atoms with Gasteiger partial charge in [0.15, 0.2) is 12.2 Å². The fraction of sp³-hybridized carbons (Fsp3) is 0.304. The standard InChI is InChI=1S/C23H24N10O/c1-3-32-11-16(8-27-32)19-13-33-23(30-19)21(17(9-28-33)22(25)34)29-18-12-31(10-14(18)2)20-5-4-15(6-24)7-26-20/h4-5,7-9,11,13-14,18H,3,10,12H2,1-2H3,(H3,25,28,29,34)/p+1/t14-,18+/m0/s1. The Morgan fingerprint density at radius 1 is 1.38 bits per heavy atom. The molecule has 1 fully saturated rings. The Balaban J connectivity index is 1.47.